The molecule has 2 aromatic carbocycles. The molecule has 2 nitrogen and oxygen atoms in total. The molecule has 0 unspecified atom stereocenters. The van der Waals surface area contributed by atoms with Gasteiger partial charge in [-0.3, -0.25) is 4.79 Å². The molecule has 0 bridgehead atoms. The van der Waals surface area contributed by atoms with Crippen molar-refractivity contribution < 1.29 is 9.90 Å². The molecule has 0 spiro atoms. The molecule has 3 heteroatoms. The van der Waals surface area contributed by atoms with Gasteiger partial charge >= 0.3 is 0 Å². The van der Waals surface area contributed by atoms with Crippen LogP contribution in [-0.2, 0) is 0 Å². The van der Waals surface area contributed by atoms with Gasteiger partial charge in [0.25, 0.3) is 0 Å². The van der Waals surface area contributed by atoms with Gasteiger partial charge in [0.1, 0.15) is 5.75 Å². The van der Waals surface area contributed by atoms with Crippen molar-refractivity contribution in [2.45, 2.75) is 38.5 Å². The SMILES string of the molecule is CC[C@H](c1ccc(O)cc1)[C@@H](CC)c1ccc(C(=O)CBr)cc1. The Morgan fingerprint density at radius 3 is 1.74 bits per heavy atom. The van der Waals surface area contributed by atoms with E-state index in [0.29, 0.717) is 22.9 Å². The van der Waals surface area contributed by atoms with E-state index in [9.17, 15) is 9.90 Å². The number of alkyl halides is 1. The summed E-state index contributed by atoms with van der Waals surface area (Å²) in [6, 6.07) is 15.5. The third-order valence-electron chi connectivity index (χ3n) is 4.47. The van der Waals surface area contributed by atoms with Crippen molar-refractivity contribution in [3.63, 3.8) is 0 Å². The Bertz CT molecular complexity index is 632. The normalized spacial score (nSPS) is 13.5. The average Bonchev–Trinajstić information content (AvgIpc) is 2.60. The van der Waals surface area contributed by atoms with E-state index in [4.69, 9.17) is 0 Å². The van der Waals surface area contributed by atoms with Gasteiger partial charge in [-0.1, -0.05) is 66.2 Å². The van der Waals surface area contributed by atoms with Crippen LogP contribution in [0, 0.1) is 0 Å². The molecule has 1 N–H and O–H groups in total. The Labute approximate surface area is 146 Å². The number of benzene rings is 2. The van der Waals surface area contributed by atoms with Crippen LogP contribution in [0.25, 0.3) is 0 Å². The molecule has 0 radical (unpaired) electrons. The number of rotatable bonds is 7. The number of aromatic hydroxyl groups is 1. The van der Waals surface area contributed by atoms with E-state index in [-0.39, 0.29) is 5.78 Å². The fourth-order valence-corrected chi connectivity index (χ4v) is 3.54. The summed E-state index contributed by atoms with van der Waals surface area (Å²) in [7, 11) is 0. The zero-order valence-corrected chi connectivity index (χ0v) is 15.2. The van der Waals surface area contributed by atoms with Crippen LogP contribution in [0.3, 0.4) is 0 Å². The molecule has 0 saturated heterocycles. The molecule has 0 aliphatic heterocycles. The first kappa shape index (κ1) is 17.7. The molecule has 2 rings (SSSR count). The van der Waals surface area contributed by atoms with Crippen LogP contribution in [0.5, 0.6) is 5.75 Å². The van der Waals surface area contributed by atoms with Crippen molar-refractivity contribution >= 4 is 21.7 Å². The van der Waals surface area contributed by atoms with Crippen LogP contribution in [0.1, 0.15) is 60.0 Å². The first-order chi connectivity index (χ1) is 11.1. The van der Waals surface area contributed by atoms with Gasteiger partial charge in [0, 0.05) is 5.56 Å². The maximum absolute atomic E-state index is 11.7. The van der Waals surface area contributed by atoms with Crippen molar-refractivity contribution in [2.75, 3.05) is 5.33 Å². The monoisotopic (exact) mass is 374 g/mol. The highest BCUT2D eigenvalue weighted by atomic mass is 79.9. The van der Waals surface area contributed by atoms with Crippen LogP contribution in [-0.4, -0.2) is 16.2 Å². The summed E-state index contributed by atoms with van der Waals surface area (Å²) < 4.78 is 0. The number of phenolic OH excluding ortho intramolecular Hbond substituents is 1. The second-order valence-corrected chi connectivity index (χ2v) is 6.36. The van der Waals surface area contributed by atoms with E-state index in [0.717, 1.165) is 18.4 Å². The molecule has 122 valence electrons. The van der Waals surface area contributed by atoms with E-state index >= 15 is 0 Å². The molecule has 0 aliphatic rings. The molecule has 0 heterocycles. The molecule has 0 aliphatic carbocycles. The highest BCUT2D eigenvalue weighted by molar-refractivity contribution is 9.09. The number of carbonyl (C=O) groups is 1. The van der Waals surface area contributed by atoms with Gasteiger partial charge in [0.2, 0.25) is 0 Å². The van der Waals surface area contributed by atoms with E-state index < -0.39 is 0 Å². The summed E-state index contributed by atoms with van der Waals surface area (Å²) in [5, 5.41) is 9.85. The van der Waals surface area contributed by atoms with E-state index in [1.54, 1.807) is 12.1 Å². The Kier molecular flexibility index (Phi) is 6.40. The largest absolute Gasteiger partial charge is 0.508 e. The van der Waals surface area contributed by atoms with Gasteiger partial charge in [-0.2, -0.15) is 0 Å². The third kappa shape index (κ3) is 4.23. The predicted molar refractivity (Wildman–Crippen MR) is 98.7 cm³/mol. The zero-order chi connectivity index (χ0) is 16.8. The molecule has 0 aromatic heterocycles. The number of halogens is 1. The van der Waals surface area contributed by atoms with Gasteiger partial charge in [-0.25, -0.2) is 0 Å². The Morgan fingerprint density at radius 2 is 1.35 bits per heavy atom. The first-order valence-electron chi connectivity index (χ1n) is 8.08. The number of phenols is 1. The molecule has 2 aromatic rings. The molecule has 0 saturated carbocycles. The molecule has 0 amide bonds. The smallest absolute Gasteiger partial charge is 0.173 e. The van der Waals surface area contributed by atoms with Crippen LogP contribution >= 0.6 is 15.9 Å². The Balaban J connectivity index is 2.29. The Hall–Kier alpha value is -1.61. The molecular weight excluding hydrogens is 352 g/mol. The maximum Gasteiger partial charge on any atom is 0.173 e. The fourth-order valence-electron chi connectivity index (χ4n) is 3.22. The minimum Gasteiger partial charge on any atom is -0.508 e. The minimum absolute atomic E-state index is 0.107. The van der Waals surface area contributed by atoms with E-state index in [1.165, 1.54) is 11.1 Å². The van der Waals surface area contributed by atoms with Gasteiger partial charge in [0.05, 0.1) is 5.33 Å². The number of hydrogen-bond acceptors (Lipinski definition) is 2. The lowest BCUT2D eigenvalue weighted by Gasteiger charge is -2.26. The number of hydrogen-bond donors (Lipinski definition) is 1. The average molecular weight is 375 g/mol. The quantitative estimate of drug-likeness (QED) is 0.501. The highest BCUT2D eigenvalue weighted by Crippen LogP contribution is 2.38. The first-order valence-corrected chi connectivity index (χ1v) is 9.20. The van der Waals surface area contributed by atoms with Crippen LogP contribution in [0.2, 0.25) is 0 Å². The molecular formula is C20H23BrO2. The standard InChI is InChI=1S/C20H23BrO2/c1-3-18(14-5-7-16(8-6-14)20(23)13-21)19(4-2)15-9-11-17(22)12-10-15/h5-12,18-19,22H,3-4,13H2,1-2H3/t18-,19+/m0/s1. The second kappa shape index (κ2) is 8.30. The van der Waals surface area contributed by atoms with Crippen LogP contribution in [0.15, 0.2) is 48.5 Å². The van der Waals surface area contributed by atoms with E-state index in [2.05, 4.69) is 41.9 Å². The molecule has 23 heavy (non-hydrogen) atoms. The van der Waals surface area contributed by atoms with E-state index in [1.807, 2.05) is 24.3 Å². The van der Waals surface area contributed by atoms with Crippen molar-refractivity contribution in [2.24, 2.45) is 0 Å². The maximum atomic E-state index is 11.7. The predicted octanol–water partition coefficient (Wildman–Crippen LogP) is 5.66. The lowest BCUT2D eigenvalue weighted by Crippen LogP contribution is -2.11. The van der Waals surface area contributed by atoms with Crippen molar-refractivity contribution in [3.05, 3.63) is 65.2 Å². The van der Waals surface area contributed by atoms with Crippen molar-refractivity contribution in [3.8, 4) is 5.75 Å². The fraction of sp³-hybridized carbons (Fsp3) is 0.350. The van der Waals surface area contributed by atoms with Crippen molar-refractivity contribution in [1.82, 2.24) is 0 Å². The number of Topliss-reactive ketones (excluding diaryl/α,β-unsaturated/α-hetero) is 1. The van der Waals surface area contributed by atoms with Gasteiger partial charge in [-0.15, -0.1) is 0 Å². The minimum atomic E-state index is 0.107. The highest BCUT2D eigenvalue weighted by Gasteiger charge is 2.22. The summed E-state index contributed by atoms with van der Waals surface area (Å²) in [5.74, 6) is 1.21. The van der Waals surface area contributed by atoms with Crippen LogP contribution < -0.4 is 0 Å². The summed E-state index contributed by atoms with van der Waals surface area (Å²) in [6.07, 6.45) is 2.07. The number of carbonyl (C=O) groups excluding carboxylic acids is 1. The summed E-state index contributed by atoms with van der Waals surface area (Å²) in [4.78, 5) is 11.7. The summed E-state index contributed by atoms with van der Waals surface area (Å²) >= 11 is 3.21. The summed E-state index contributed by atoms with van der Waals surface area (Å²) in [5.41, 5.74) is 3.26. The topological polar surface area (TPSA) is 37.3 Å². The van der Waals surface area contributed by atoms with Gasteiger partial charge in [0.15, 0.2) is 5.78 Å². The Morgan fingerprint density at radius 1 is 0.913 bits per heavy atom. The second-order valence-electron chi connectivity index (χ2n) is 5.80. The van der Waals surface area contributed by atoms with Gasteiger partial charge < -0.3 is 5.11 Å². The van der Waals surface area contributed by atoms with Crippen molar-refractivity contribution in [1.29, 1.82) is 0 Å². The third-order valence-corrected chi connectivity index (χ3v) is 4.98. The molecule has 0 fully saturated rings. The molecule has 2 atom stereocenters. The lowest BCUT2D eigenvalue weighted by atomic mass is 9.78. The summed E-state index contributed by atoms with van der Waals surface area (Å²) in [6.45, 7) is 4.40. The zero-order valence-electron chi connectivity index (χ0n) is 13.6. The van der Waals surface area contributed by atoms with Crippen LogP contribution in [0.4, 0.5) is 0 Å². The van der Waals surface area contributed by atoms with Gasteiger partial charge in [-0.05, 0) is 47.9 Å². The lowest BCUT2D eigenvalue weighted by molar-refractivity contribution is 0.102. The number of ketones is 1.